The lowest BCUT2D eigenvalue weighted by Gasteiger charge is -2.18. The highest BCUT2D eigenvalue weighted by Gasteiger charge is 2.28. The summed E-state index contributed by atoms with van der Waals surface area (Å²) in [4.78, 5) is 16.8. The molecule has 0 spiro atoms. The van der Waals surface area contributed by atoms with Crippen molar-refractivity contribution in [3.8, 4) is 0 Å². The van der Waals surface area contributed by atoms with Gasteiger partial charge < -0.3 is 9.26 Å². The first-order chi connectivity index (χ1) is 14.1. The molecule has 3 aromatic rings. The Kier molecular flexibility index (Phi) is 7.19. The summed E-state index contributed by atoms with van der Waals surface area (Å²) in [6.45, 7) is 3.81. The maximum Gasteiger partial charge on any atom is 0.306 e. The number of hydrogen-bond donors (Lipinski definition) is 0. The van der Waals surface area contributed by atoms with Crippen LogP contribution in [-0.2, 0) is 16.0 Å². The lowest BCUT2D eigenvalue weighted by Crippen LogP contribution is -2.13. The van der Waals surface area contributed by atoms with Crippen LogP contribution in [0.4, 0.5) is 0 Å². The van der Waals surface area contributed by atoms with Gasteiger partial charge in [0.1, 0.15) is 0 Å². The summed E-state index contributed by atoms with van der Waals surface area (Å²) in [5.41, 5.74) is 2.71. The average Bonchev–Trinajstić information content (AvgIpc) is 3.18. The van der Waals surface area contributed by atoms with Crippen LogP contribution in [0.25, 0.3) is 5.57 Å². The third kappa shape index (κ3) is 5.55. The van der Waals surface area contributed by atoms with Crippen LogP contribution >= 0.6 is 11.6 Å². The lowest BCUT2D eigenvalue weighted by molar-refractivity contribution is -0.147. The largest absolute Gasteiger partial charge is 0.447 e. The molecule has 2 aromatic carbocycles. The van der Waals surface area contributed by atoms with E-state index in [0.717, 1.165) is 16.7 Å². The van der Waals surface area contributed by atoms with Gasteiger partial charge in [0, 0.05) is 23.4 Å². The van der Waals surface area contributed by atoms with Crippen molar-refractivity contribution in [1.82, 2.24) is 10.1 Å². The number of carbonyl (C=O) groups excluding carboxylic acids is 1. The molecule has 0 fully saturated rings. The Balaban J connectivity index is 1.90. The van der Waals surface area contributed by atoms with Gasteiger partial charge in [-0.25, -0.2) is 0 Å². The fourth-order valence-electron chi connectivity index (χ4n) is 2.98. The van der Waals surface area contributed by atoms with E-state index in [0.29, 0.717) is 30.1 Å². The summed E-state index contributed by atoms with van der Waals surface area (Å²) in [6.07, 6.45) is 2.65. The molecule has 1 heterocycles. The smallest absolute Gasteiger partial charge is 0.306 e. The Hall–Kier alpha value is -2.92. The summed E-state index contributed by atoms with van der Waals surface area (Å²) in [5.74, 6) is 0.478. The predicted molar refractivity (Wildman–Crippen MR) is 112 cm³/mol. The van der Waals surface area contributed by atoms with Gasteiger partial charge >= 0.3 is 5.97 Å². The molecule has 1 aromatic heterocycles. The molecular formula is C23H23ClN2O3. The normalized spacial score (nSPS) is 12.6. The first kappa shape index (κ1) is 20.8. The minimum Gasteiger partial charge on any atom is -0.447 e. The van der Waals surface area contributed by atoms with Crippen molar-refractivity contribution in [2.45, 2.75) is 39.2 Å². The number of rotatable bonds is 8. The van der Waals surface area contributed by atoms with Crippen molar-refractivity contribution in [3.05, 3.63) is 88.5 Å². The molecule has 0 aliphatic rings. The SMILES string of the molecule is CC=C(c1ccc(Cl)cc1)C(OC(=O)CCC)c1nc(Cc2ccccc2)no1. The summed E-state index contributed by atoms with van der Waals surface area (Å²) in [6, 6.07) is 17.2. The topological polar surface area (TPSA) is 65.2 Å². The maximum atomic E-state index is 12.3. The van der Waals surface area contributed by atoms with E-state index >= 15 is 0 Å². The molecule has 29 heavy (non-hydrogen) atoms. The molecule has 0 radical (unpaired) electrons. The van der Waals surface area contributed by atoms with E-state index < -0.39 is 6.10 Å². The predicted octanol–water partition coefficient (Wildman–Crippen LogP) is 5.80. The summed E-state index contributed by atoms with van der Waals surface area (Å²) in [7, 11) is 0. The summed E-state index contributed by atoms with van der Waals surface area (Å²) >= 11 is 6.02. The maximum absolute atomic E-state index is 12.3. The molecule has 0 saturated carbocycles. The second-order valence-electron chi connectivity index (χ2n) is 6.58. The number of nitrogens with zero attached hydrogens (tertiary/aromatic N) is 2. The highest BCUT2D eigenvalue weighted by Crippen LogP contribution is 2.33. The minimum absolute atomic E-state index is 0.253. The number of allylic oxidation sites excluding steroid dienone is 1. The van der Waals surface area contributed by atoms with Crippen LogP contribution in [-0.4, -0.2) is 16.1 Å². The van der Waals surface area contributed by atoms with Crippen molar-refractivity contribution in [3.63, 3.8) is 0 Å². The number of hydrogen-bond acceptors (Lipinski definition) is 5. The van der Waals surface area contributed by atoms with Crippen LogP contribution in [0.5, 0.6) is 0 Å². The van der Waals surface area contributed by atoms with E-state index in [9.17, 15) is 4.79 Å². The fraction of sp³-hybridized carbons (Fsp3) is 0.261. The van der Waals surface area contributed by atoms with E-state index in [1.165, 1.54) is 0 Å². The van der Waals surface area contributed by atoms with Crippen molar-refractivity contribution in [1.29, 1.82) is 0 Å². The van der Waals surface area contributed by atoms with Gasteiger partial charge in [0.05, 0.1) is 0 Å². The van der Waals surface area contributed by atoms with Crippen molar-refractivity contribution >= 4 is 23.1 Å². The van der Waals surface area contributed by atoms with Gasteiger partial charge in [-0.15, -0.1) is 0 Å². The van der Waals surface area contributed by atoms with E-state index in [4.69, 9.17) is 20.9 Å². The Morgan fingerprint density at radius 1 is 1.17 bits per heavy atom. The van der Waals surface area contributed by atoms with E-state index in [2.05, 4.69) is 10.1 Å². The number of aromatic nitrogens is 2. The standard InChI is InChI=1S/C23H23ClN2O3/c1-3-8-21(27)28-22(19(4-2)17-11-13-18(24)14-12-17)23-25-20(26-29-23)15-16-9-6-5-7-10-16/h4-7,9-14,22H,3,8,15H2,1-2H3. The summed E-state index contributed by atoms with van der Waals surface area (Å²) < 4.78 is 11.2. The number of carbonyl (C=O) groups is 1. The Morgan fingerprint density at radius 2 is 1.90 bits per heavy atom. The zero-order valence-corrected chi connectivity index (χ0v) is 17.2. The van der Waals surface area contributed by atoms with Crippen molar-refractivity contribution in [2.24, 2.45) is 0 Å². The van der Waals surface area contributed by atoms with Gasteiger partial charge in [-0.1, -0.05) is 72.2 Å². The Bertz CT molecular complexity index is 965. The molecular weight excluding hydrogens is 388 g/mol. The van der Waals surface area contributed by atoms with Crippen LogP contribution in [0, 0.1) is 0 Å². The lowest BCUT2D eigenvalue weighted by atomic mass is 10.00. The molecule has 1 unspecified atom stereocenters. The molecule has 0 aliphatic carbocycles. The average molecular weight is 411 g/mol. The number of halogens is 1. The van der Waals surface area contributed by atoms with Crippen molar-refractivity contribution < 1.29 is 14.1 Å². The number of ether oxygens (including phenoxy) is 1. The highest BCUT2D eigenvalue weighted by molar-refractivity contribution is 6.30. The molecule has 5 nitrogen and oxygen atoms in total. The van der Waals surface area contributed by atoms with Gasteiger partial charge in [-0.3, -0.25) is 4.79 Å². The monoisotopic (exact) mass is 410 g/mol. The first-order valence-electron chi connectivity index (χ1n) is 9.58. The van der Waals surface area contributed by atoms with Gasteiger partial charge in [0.15, 0.2) is 5.82 Å². The molecule has 0 saturated heterocycles. The second kappa shape index (κ2) is 10.0. The van der Waals surface area contributed by atoms with Gasteiger partial charge in [0.25, 0.3) is 5.89 Å². The van der Waals surface area contributed by atoms with E-state index in [1.807, 2.05) is 62.4 Å². The molecule has 6 heteroatoms. The zero-order valence-electron chi connectivity index (χ0n) is 16.5. The first-order valence-corrected chi connectivity index (χ1v) is 9.96. The molecule has 1 atom stereocenters. The third-order valence-corrected chi connectivity index (χ3v) is 4.64. The van der Waals surface area contributed by atoms with Gasteiger partial charge in [-0.05, 0) is 36.6 Å². The van der Waals surface area contributed by atoms with E-state index in [1.54, 1.807) is 12.1 Å². The Labute approximate surface area is 175 Å². The second-order valence-corrected chi connectivity index (χ2v) is 7.02. The quantitative estimate of drug-likeness (QED) is 0.439. The van der Waals surface area contributed by atoms with Crippen LogP contribution in [0.15, 0.2) is 65.2 Å². The molecule has 150 valence electrons. The number of esters is 1. The van der Waals surface area contributed by atoms with Crippen molar-refractivity contribution in [2.75, 3.05) is 0 Å². The third-order valence-electron chi connectivity index (χ3n) is 4.39. The highest BCUT2D eigenvalue weighted by atomic mass is 35.5. The fourth-order valence-corrected chi connectivity index (χ4v) is 3.10. The molecule has 0 aliphatic heterocycles. The number of benzene rings is 2. The van der Waals surface area contributed by atoms with E-state index in [-0.39, 0.29) is 11.9 Å². The molecule has 0 amide bonds. The van der Waals surface area contributed by atoms with Gasteiger partial charge in [-0.2, -0.15) is 4.98 Å². The molecule has 0 bridgehead atoms. The zero-order chi connectivity index (χ0) is 20.6. The van der Waals surface area contributed by atoms with Crippen LogP contribution in [0.2, 0.25) is 5.02 Å². The van der Waals surface area contributed by atoms with Gasteiger partial charge in [0.2, 0.25) is 6.10 Å². The van der Waals surface area contributed by atoms with Crippen LogP contribution in [0.1, 0.15) is 55.6 Å². The van der Waals surface area contributed by atoms with Crippen LogP contribution in [0.3, 0.4) is 0 Å². The summed E-state index contributed by atoms with van der Waals surface area (Å²) in [5, 5.41) is 4.72. The Morgan fingerprint density at radius 3 is 2.55 bits per heavy atom. The van der Waals surface area contributed by atoms with Crippen LogP contribution < -0.4 is 0 Å². The molecule has 0 N–H and O–H groups in total. The minimum atomic E-state index is -0.780. The molecule has 3 rings (SSSR count).